The molecule has 1 atom stereocenters. The Bertz CT molecular complexity index is 421. The number of rotatable bonds is 5. The first-order chi connectivity index (χ1) is 8.40. The lowest BCUT2D eigenvalue weighted by atomic mass is 10.1. The Morgan fingerprint density at radius 1 is 1.44 bits per heavy atom. The van der Waals surface area contributed by atoms with E-state index in [9.17, 15) is 15.0 Å². The standard InChI is InChI=1S/C13H18BrNO3/c1-8(2)5-10(16)7-15-13(18)11-4-3-9(14)6-12(11)17/h3-4,6,8,10,16-17H,5,7H2,1-2H3,(H,15,18). The number of hydrogen-bond acceptors (Lipinski definition) is 3. The number of amides is 1. The molecule has 0 radical (unpaired) electrons. The van der Waals surface area contributed by atoms with Crippen molar-refractivity contribution in [2.75, 3.05) is 6.54 Å². The molecule has 1 aromatic carbocycles. The number of halogens is 1. The summed E-state index contributed by atoms with van der Waals surface area (Å²) in [4.78, 5) is 11.8. The highest BCUT2D eigenvalue weighted by atomic mass is 79.9. The molecular weight excluding hydrogens is 298 g/mol. The van der Waals surface area contributed by atoms with Crippen LogP contribution in [0, 0.1) is 5.92 Å². The van der Waals surface area contributed by atoms with Crippen molar-refractivity contribution in [1.82, 2.24) is 5.32 Å². The Labute approximate surface area is 115 Å². The van der Waals surface area contributed by atoms with E-state index in [-0.39, 0.29) is 23.8 Å². The Balaban J connectivity index is 2.55. The van der Waals surface area contributed by atoms with Crippen LogP contribution in [-0.4, -0.2) is 28.8 Å². The van der Waals surface area contributed by atoms with Crippen LogP contribution in [0.5, 0.6) is 5.75 Å². The van der Waals surface area contributed by atoms with E-state index >= 15 is 0 Å². The summed E-state index contributed by atoms with van der Waals surface area (Å²) in [5.74, 6) is -0.0963. The minimum absolute atomic E-state index is 0.0831. The Hall–Kier alpha value is -1.07. The van der Waals surface area contributed by atoms with Crippen LogP contribution in [0.15, 0.2) is 22.7 Å². The Kier molecular flexibility index (Phi) is 5.62. The van der Waals surface area contributed by atoms with E-state index in [4.69, 9.17) is 0 Å². The number of carbonyl (C=O) groups excluding carboxylic acids is 1. The fourth-order valence-corrected chi connectivity index (χ4v) is 1.98. The summed E-state index contributed by atoms with van der Waals surface area (Å²) in [5, 5.41) is 21.9. The maximum absolute atomic E-state index is 11.8. The van der Waals surface area contributed by atoms with Crippen LogP contribution in [0.3, 0.4) is 0 Å². The number of phenolic OH excluding ortho intramolecular Hbond substituents is 1. The summed E-state index contributed by atoms with van der Waals surface area (Å²) in [6.45, 7) is 4.20. The van der Waals surface area contributed by atoms with Crippen LogP contribution in [-0.2, 0) is 0 Å². The normalized spacial score (nSPS) is 12.5. The third-order valence-corrected chi connectivity index (χ3v) is 2.94. The van der Waals surface area contributed by atoms with E-state index in [0.29, 0.717) is 16.8 Å². The zero-order chi connectivity index (χ0) is 13.7. The summed E-state index contributed by atoms with van der Waals surface area (Å²) >= 11 is 3.20. The van der Waals surface area contributed by atoms with E-state index < -0.39 is 6.10 Å². The third-order valence-electron chi connectivity index (χ3n) is 2.45. The van der Waals surface area contributed by atoms with E-state index in [1.54, 1.807) is 6.07 Å². The lowest BCUT2D eigenvalue weighted by Crippen LogP contribution is -2.32. The second-order valence-corrected chi connectivity index (χ2v) is 5.57. The first-order valence-corrected chi connectivity index (χ1v) is 6.64. The van der Waals surface area contributed by atoms with Crippen molar-refractivity contribution in [2.45, 2.75) is 26.4 Å². The van der Waals surface area contributed by atoms with Gasteiger partial charge < -0.3 is 15.5 Å². The summed E-state index contributed by atoms with van der Waals surface area (Å²) in [6, 6.07) is 4.67. The predicted molar refractivity (Wildman–Crippen MR) is 73.6 cm³/mol. The molecule has 0 spiro atoms. The number of aliphatic hydroxyl groups is 1. The van der Waals surface area contributed by atoms with Gasteiger partial charge in [-0.3, -0.25) is 4.79 Å². The minimum atomic E-state index is -0.563. The zero-order valence-electron chi connectivity index (χ0n) is 10.5. The van der Waals surface area contributed by atoms with E-state index in [1.807, 2.05) is 13.8 Å². The number of nitrogens with one attached hydrogen (secondary N) is 1. The molecule has 0 saturated heterocycles. The molecule has 3 N–H and O–H groups in total. The first kappa shape index (κ1) is 15.0. The smallest absolute Gasteiger partial charge is 0.255 e. The number of hydrogen-bond donors (Lipinski definition) is 3. The summed E-state index contributed by atoms with van der Waals surface area (Å²) in [7, 11) is 0. The molecule has 5 heteroatoms. The van der Waals surface area contributed by atoms with Gasteiger partial charge in [-0.15, -0.1) is 0 Å². The van der Waals surface area contributed by atoms with E-state index in [1.165, 1.54) is 12.1 Å². The van der Waals surface area contributed by atoms with Gasteiger partial charge >= 0.3 is 0 Å². The zero-order valence-corrected chi connectivity index (χ0v) is 12.1. The number of phenols is 1. The van der Waals surface area contributed by atoms with Gasteiger partial charge in [0.1, 0.15) is 5.75 Å². The highest BCUT2D eigenvalue weighted by Crippen LogP contribution is 2.22. The molecule has 0 saturated carbocycles. The fraction of sp³-hybridized carbons (Fsp3) is 0.462. The van der Waals surface area contributed by atoms with Gasteiger partial charge in [-0.05, 0) is 30.5 Å². The van der Waals surface area contributed by atoms with Crippen molar-refractivity contribution < 1.29 is 15.0 Å². The number of aliphatic hydroxyl groups excluding tert-OH is 1. The van der Waals surface area contributed by atoms with Gasteiger partial charge in [0.2, 0.25) is 0 Å². The molecule has 0 aliphatic carbocycles. The summed E-state index contributed by atoms with van der Waals surface area (Å²) < 4.78 is 0.705. The molecule has 4 nitrogen and oxygen atoms in total. The second kappa shape index (κ2) is 6.75. The summed E-state index contributed by atoms with van der Waals surface area (Å²) in [5.41, 5.74) is 0.204. The molecule has 0 aromatic heterocycles. The van der Waals surface area contributed by atoms with Crippen molar-refractivity contribution in [3.63, 3.8) is 0 Å². The average Bonchev–Trinajstić information content (AvgIpc) is 2.25. The second-order valence-electron chi connectivity index (χ2n) is 4.65. The molecule has 100 valence electrons. The van der Waals surface area contributed by atoms with E-state index in [0.717, 1.165) is 0 Å². The van der Waals surface area contributed by atoms with Crippen molar-refractivity contribution in [2.24, 2.45) is 5.92 Å². The Morgan fingerprint density at radius 3 is 2.67 bits per heavy atom. The van der Waals surface area contributed by atoms with Crippen molar-refractivity contribution in [1.29, 1.82) is 0 Å². The highest BCUT2D eigenvalue weighted by Gasteiger charge is 2.13. The molecule has 0 bridgehead atoms. The molecule has 1 unspecified atom stereocenters. The molecule has 0 aliphatic rings. The van der Waals surface area contributed by atoms with Crippen LogP contribution < -0.4 is 5.32 Å². The number of benzene rings is 1. The molecule has 1 aromatic rings. The van der Waals surface area contributed by atoms with Crippen molar-refractivity contribution in [3.8, 4) is 5.75 Å². The van der Waals surface area contributed by atoms with Crippen LogP contribution >= 0.6 is 15.9 Å². The number of aromatic hydroxyl groups is 1. The van der Waals surface area contributed by atoms with Crippen molar-refractivity contribution in [3.05, 3.63) is 28.2 Å². The lowest BCUT2D eigenvalue weighted by molar-refractivity contribution is 0.0897. The predicted octanol–water partition coefficient (Wildman–Crippen LogP) is 2.29. The molecule has 18 heavy (non-hydrogen) atoms. The van der Waals surface area contributed by atoms with Gasteiger partial charge in [0.25, 0.3) is 5.91 Å². The quantitative estimate of drug-likeness (QED) is 0.781. The van der Waals surface area contributed by atoms with Crippen LogP contribution in [0.2, 0.25) is 0 Å². The van der Waals surface area contributed by atoms with Gasteiger partial charge in [0, 0.05) is 11.0 Å². The summed E-state index contributed by atoms with van der Waals surface area (Å²) in [6.07, 6.45) is 0.0682. The molecule has 1 amide bonds. The van der Waals surface area contributed by atoms with Gasteiger partial charge in [0.15, 0.2) is 0 Å². The van der Waals surface area contributed by atoms with Crippen LogP contribution in [0.4, 0.5) is 0 Å². The maximum Gasteiger partial charge on any atom is 0.255 e. The van der Waals surface area contributed by atoms with Gasteiger partial charge in [-0.25, -0.2) is 0 Å². The topological polar surface area (TPSA) is 69.6 Å². The van der Waals surface area contributed by atoms with Gasteiger partial charge in [0.05, 0.1) is 11.7 Å². The highest BCUT2D eigenvalue weighted by molar-refractivity contribution is 9.10. The first-order valence-electron chi connectivity index (χ1n) is 5.85. The molecule has 1 rings (SSSR count). The largest absolute Gasteiger partial charge is 0.507 e. The fourth-order valence-electron chi connectivity index (χ4n) is 1.63. The van der Waals surface area contributed by atoms with Crippen LogP contribution in [0.1, 0.15) is 30.6 Å². The lowest BCUT2D eigenvalue weighted by Gasteiger charge is -2.14. The van der Waals surface area contributed by atoms with Crippen molar-refractivity contribution >= 4 is 21.8 Å². The molecule has 0 fully saturated rings. The van der Waals surface area contributed by atoms with Crippen LogP contribution in [0.25, 0.3) is 0 Å². The monoisotopic (exact) mass is 315 g/mol. The van der Waals surface area contributed by atoms with Gasteiger partial charge in [-0.2, -0.15) is 0 Å². The molecule has 0 aliphatic heterocycles. The molecule has 0 heterocycles. The maximum atomic E-state index is 11.8. The number of carbonyl (C=O) groups is 1. The van der Waals surface area contributed by atoms with E-state index in [2.05, 4.69) is 21.2 Å². The average molecular weight is 316 g/mol. The minimum Gasteiger partial charge on any atom is -0.507 e. The third kappa shape index (κ3) is 4.66. The van der Waals surface area contributed by atoms with Gasteiger partial charge in [-0.1, -0.05) is 29.8 Å². The SMILES string of the molecule is CC(C)CC(O)CNC(=O)c1ccc(Br)cc1O. The Morgan fingerprint density at radius 2 is 2.11 bits per heavy atom. The molecular formula is C13H18BrNO3.